The fourth-order valence-corrected chi connectivity index (χ4v) is 10.1. The van der Waals surface area contributed by atoms with E-state index in [1.165, 1.54) is 10.6 Å². The summed E-state index contributed by atoms with van der Waals surface area (Å²) in [5, 5.41) is 18.5. The number of likely N-dealkylation sites (tertiary alicyclic amines) is 2. The maximum Gasteiger partial charge on any atom is 0.410 e. The molecule has 6 heterocycles. The summed E-state index contributed by atoms with van der Waals surface area (Å²) in [4.78, 5) is 60.8. The average Bonchev–Trinajstić information content (AvgIpc) is 4.20. The van der Waals surface area contributed by atoms with Crippen molar-refractivity contribution in [1.82, 2.24) is 49.6 Å². The third-order valence-corrected chi connectivity index (χ3v) is 14.6. The summed E-state index contributed by atoms with van der Waals surface area (Å²) < 4.78 is 39.1. The van der Waals surface area contributed by atoms with Gasteiger partial charge < -0.3 is 41.0 Å². The van der Waals surface area contributed by atoms with Gasteiger partial charge in [0.05, 0.1) is 29.5 Å². The van der Waals surface area contributed by atoms with E-state index < -0.39 is 21.0 Å². The molecule has 6 aromatic rings. The highest BCUT2D eigenvalue weighted by atomic mass is 79.9. The van der Waals surface area contributed by atoms with Gasteiger partial charge in [-0.05, 0) is 167 Å². The molecule has 406 valence electrons. The highest BCUT2D eigenvalue weighted by Gasteiger charge is 2.35. The lowest BCUT2D eigenvalue weighted by atomic mass is 10.0. The third-order valence-electron chi connectivity index (χ3n) is 12.7. The maximum absolute atomic E-state index is 12.5. The Kier molecular flexibility index (Phi) is 16.5. The quantitative estimate of drug-likeness (QED) is 0.0955. The molecule has 23 heteroatoms. The van der Waals surface area contributed by atoms with Crippen molar-refractivity contribution in [2.75, 3.05) is 50.8 Å². The molecular formula is C53H66Br2N12O8S. The summed E-state index contributed by atoms with van der Waals surface area (Å²) in [7, 11) is -3.46. The number of halogens is 2. The van der Waals surface area contributed by atoms with Crippen molar-refractivity contribution in [1.29, 1.82) is 0 Å². The third kappa shape index (κ3) is 14.1. The first-order chi connectivity index (χ1) is 35.7. The van der Waals surface area contributed by atoms with Crippen LogP contribution in [-0.4, -0.2) is 140 Å². The number of nitrogens with zero attached hydrogens (tertiary/aromatic N) is 8. The van der Waals surface area contributed by atoms with Gasteiger partial charge in [0.25, 0.3) is 11.8 Å². The van der Waals surface area contributed by atoms with Crippen molar-refractivity contribution in [3.05, 3.63) is 92.4 Å². The first kappa shape index (κ1) is 56.0. The Bertz CT molecular complexity index is 3290. The first-order valence-corrected chi connectivity index (χ1v) is 28.7. The lowest BCUT2D eigenvalue weighted by Crippen LogP contribution is -2.53. The number of ether oxygens (including phenoxy) is 2. The van der Waals surface area contributed by atoms with Crippen molar-refractivity contribution in [3.63, 3.8) is 0 Å². The van der Waals surface area contributed by atoms with Gasteiger partial charge in [0.1, 0.15) is 25.3 Å². The van der Waals surface area contributed by atoms with Crippen molar-refractivity contribution in [3.8, 4) is 22.5 Å². The normalized spacial score (nSPS) is 15.9. The zero-order chi connectivity index (χ0) is 55.0. The van der Waals surface area contributed by atoms with Crippen LogP contribution in [0.2, 0.25) is 0 Å². The average molecular weight is 1190 g/mol. The molecule has 0 radical (unpaired) electrons. The number of anilines is 1. The Hall–Kier alpha value is -6.17. The Balaban J connectivity index is 0.000000168. The van der Waals surface area contributed by atoms with E-state index in [4.69, 9.17) is 15.2 Å². The highest BCUT2D eigenvalue weighted by molar-refractivity contribution is 9.10. The minimum Gasteiger partial charge on any atom is -0.444 e. The van der Waals surface area contributed by atoms with Gasteiger partial charge >= 0.3 is 12.2 Å². The van der Waals surface area contributed by atoms with Crippen molar-refractivity contribution >= 4 is 82.7 Å². The zero-order valence-corrected chi connectivity index (χ0v) is 48.2. The van der Waals surface area contributed by atoms with Crippen LogP contribution in [-0.2, 0) is 19.3 Å². The molecule has 4 aromatic heterocycles. The molecular weight excluding hydrogens is 1120 g/mol. The number of hydrogen-bond donors (Lipinski definition) is 4. The van der Waals surface area contributed by atoms with Crippen LogP contribution in [0.15, 0.2) is 75.0 Å². The molecule has 2 aromatic carbocycles. The molecule has 10 rings (SSSR count). The lowest BCUT2D eigenvalue weighted by molar-refractivity contribution is -0.000290. The zero-order valence-electron chi connectivity index (χ0n) is 44.2. The van der Waals surface area contributed by atoms with Gasteiger partial charge in [-0.25, -0.2) is 37.0 Å². The molecule has 0 atom stereocenters. The van der Waals surface area contributed by atoms with Crippen molar-refractivity contribution in [2.45, 2.75) is 109 Å². The van der Waals surface area contributed by atoms with Crippen LogP contribution in [0.25, 0.3) is 33.8 Å². The number of sulfone groups is 1. The van der Waals surface area contributed by atoms with E-state index in [-0.39, 0.29) is 34.5 Å². The summed E-state index contributed by atoms with van der Waals surface area (Å²) in [5.74, 6) is 0.705. The number of carbonyl (C=O) groups excluding carboxylic acids is 4. The fraction of sp³-hybridized carbons (Fsp3) is 0.472. The van der Waals surface area contributed by atoms with Gasteiger partial charge in [0, 0.05) is 85.2 Å². The van der Waals surface area contributed by atoms with E-state index in [0.29, 0.717) is 81.8 Å². The number of benzene rings is 2. The summed E-state index contributed by atoms with van der Waals surface area (Å²) in [5.41, 5.74) is 12.7. The predicted molar refractivity (Wildman–Crippen MR) is 296 cm³/mol. The Labute approximate surface area is 459 Å². The fourth-order valence-electron chi connectivity index (χ4n) is 8.41. The largest absolute Gasteiger partial charge is 0.444 e. The second-order valence-corrected chi connectivity index (χ2v) is 25.5. The molecule has 2 saturated carbocycles. The number of carbonyl (C=O) groups is 4. The number of aryl methyl sites for hydroxylation is 2. The summed E-state index contributed by atoms with van der Waals surface area (Å²) in [6.07, 6.45) is 8.22. The van der Waals surface area contributed by atoms with E-state index in [0.717, 1.165) is 78.7 Å². The van der Waals surface area contributed by atoms with Crippen molar-refractivity contribution < 1.29 is 37.1 Å². The SMILES string of the molecule is CC(C)(C)OC(=O)N1CC(CN)C1.Cc1cc(-c2cnc3c(NCC4CN(C(=O)OC(C)(C)C)C4)cc(Br)nn23)ccc1C(=O)NC1CC1.Cc1cc(-c2cnc3c(S(C)(=O)=O)cc(Br)nn23)ccc1C(=O)NC1CC1. The molecule has 20 nitrogen and oxygen atoms in total. The van der Waals surface area contributed by atoms with E-state index in [1.807, 2.05) is 91.8 Å². The first-order valence-electron chi connectivity index (χ1n) is 25.3. The molecule has 0 bridgehead atoms. The van der Waals surface area contributed by atoms with Gasteiger partial charge in [-0.2, -0.15) is 10.2 Å². The molecule has 4 aliphatic rings. The van der Waals surface area contributed by atoms with E-state index >= 15 is 0 Å². The van der Waals surface area contributed by atoms with Crippen LogP contribution in [0, 0.1) is 25.7 Å². The van der Waals surface area contributed by atoms with E-state index in [9.17, 15) is 27.6 Å². The predicted octanol–water partition coefficient (Wildman–Crippen LogP) is 8.21. The molecule has 2 saturated heterocycles. The minimum atomic E-state index is -3.46. The Morgan fingerprint density at radius 1 is 0.671 bits per heavy atom. The van der Waals surface area contributed by atoms with Crippen LogP contribution >= 0.6 is 31.9 Å². The minimum absolute atomic E-state index is 0.0201. The maximum atomic E-state index is 12.5. The number of imidazole rings is 2. The standard InChI is InChI=1S/C26H31BrN6O3.C18H17BrN4O3S.C9H18N2O2/c1-15-9-17(5-8-19(15)24(34)30-18-6-7-18)21-12-29-23-20(10-22(27)31-33(21)23)28-11-16-13-32(14-16)25(35)36-26(2,3)4;1-10-7-11(3-6-13(10)18(24)21-12-4-5-12)14-9-20-17-15(27(2,25)26)8-16(19)22-23(14)17;1-9(2,3)13-8(12)11-5-7(4-10)6-11/h5,8-10,12,16,18,28H,6-7,11,13-14H2,1-4H3,(H,30,34);3,6-9,12H,4-5H2,1-2H3,(H,21,24);7H,4-6,10H2,1-3H3. The molecule has 5 N–H and O–H groups in total. The van der Waals surface area contributed by atoms with Gasteiger partial charge in [0.15, 0.2) is 21.1 Å². The van der Waals surface area contributed by atoms with Gasteiger partial charge in [-0.1, -0.05) is 12.1 Å². The number of rotatable bonds is 11. The van der Waals surface area contributed by atoms with Crippen LogP contribution < -0.4 is 21.7 Å². The van der Waals surface area contributed by atoms with Gasteiger partial charge in [-0.3, -0.25) is 9.59 Å². The molecule has 0 spiro atoms. The monoisotopic (exact) mass is 1190 g/mol. The van der Waals surface area contributed by atoms with Crippen LogP contribution in [0.3, 0.4) is 0 Å². The number of aromatic nitrogens is 6. The van der Waals surface area contributed by atoms with Gasteiger partial charge in [-0.15, -0.1) is 0 Å². The number of nitrogens with one attached hydrogen (secondary N) is 3. The Morgan fingerprint density at radius 2 is 1.11 bits per heavy atom. The molecule has 4 fully saturated rings. The van der Waals surface area contributed by atoms with Crippen molar-refractivity contribution in [2.24, 2.45) is 17.6 Å². The number of nitrogens with two attached hydrogens (primary N) is 1. The number of fused-ring (bicyclic) bond motifs is 2. The molecule has 2 aliphatic heterocycles. The number of amides is 4. The van der Waals surface area contributed by atoms with Crippen LogP contribution in [0.4, 0.5) is 15.3 Å². The van der Waals surface area contributed by atoms with Crippen LogP contribution in [0.5, 0.6) is 0 Å². The second-order valence-electron chi connectivity index (χ2n) is 21.9. The highest BCUT2D eigenvalue weighted by Crippen LogP contribution is 2.31. The summed E-state index contributed by atoms with van der Waals surface area (Å²) >= 11 is 6.79. The smallest absolute Gasteiger partial charge is 0.410 e. The second kappa shape index (κ2) is 22.4. The summed E-state index contributed by atoms with van der Waals surface area (Å²) in [6.45, 7) is 19.2. The van der Waals surface area contributed by atoms with E-state index in [2.05, 4.69) is 68.0 Å². The molecule has 2 aliphatic carbocycles. The Morgan fingerprint density at radius 3 is 1.53 bits per heavy atom. The van der Waals surface area contributed by atoms with Gasteiger partial charge in [0.2, 0.25) is 0 Å². The topological polar surface area (TPSA) is 250 Å². The molecule has 76 heavy (non-hydrogen) atoms. The summed E-state index contributed by atoms with van der Waals surface area (Å²) in [6, 6.07) is 15.3. The number of hydrogen-bond acceptors (Lipinski definition) is 14. The molecule has 4 amide bonds. The lowest BCUT2D eigenvalue weighted by Gasteiger charge is -2.39. The van der Waals surface area contributed by atoms with E-state index in [1.54, 1.807) is 32.8 Å². The molecule has 0 unspecified atom stereocenters. The van der Waals surface area contributed by atoms with Crippen LogP contribution in [0.1, 0.15) is 99.1 Å².